The standard InChI is InChI=1S/C21H30N2O4/c1-26-17-8-9-19(27-2)18(15-17)21(25)23-13-11-22(12-14-23)20(24)10-7-16-5-3-4-6-16/h8-9,15-16H,3-7,10-14H2,1-2H3. The fourth-order valence-electron chi connectivity index (χ4n) is 4.10. The van der Waals surface area contributed by atoms with Crippen molar-refractivity contribution in [3.8, 4) is 11.5 Å². The van der Waals surface area contributed by atoms with Crippen LogP contribution in [0.2, 0.25) is 0 Å². The first-order valence-corrected chi connectivity index (χ1v) is 9.91. The van der Waals surface area contributed by atoms with Gasteiger partial charge in [-0.2, -0.15) is 0 Å². The molecule has 0 atom stereocenters. The van der Waals surface area contributed by atoms with Crippen molar-refractivity contribution in [2.24, 2.45) is 5.92 Å². The molecule has 6 heteroatoms. The molecule has 2 amide bonds. The van der Waals surface area contributed by atoms with E-state index in [0.717, 1.165) is 12.3 Å². The Bertz CT molecular complexity index is 662. The van der Waals surface area contributed by atoms with Crippen LogP contribution < -0.4 is 9.47 Å². The van der Waals surface area contributed by atoms with E-state index in [2.05, 4.69) is 0 Å². The van der Waals surface area contributed by atoms with Crippen molar-refractivity contribution in [2.45, 2.75) is 38.5 Å². The molecule has 0 unspecified atom stereocenters. The quantitative estimate of drug-likeness (QED) is 0.768. The van der Waals surface area contributed by atoms with Gasteiger partial charge in [0.15, 0.2) is 0 Å². The van der Waals surface area contributed by atoms with Crippen molar-refractivity contribution >= 4 is 11.8 Å². The summed E-state index contributed by atoms with van der Waals surface area (Å²) in [5, 5.41) is 0. The number of rotatable bonds is 6. The van der Waals surface area contributed by atoms with Gasteiger partial charge in [-0.05, 0) is 30.5 Å². The Balaban J connectivity index is 1.54. The number of piperazine rings is 1. The molecule has 2 aliphatic rings. The Morgan fingerprint density at radius 3 is 2.30 bits per heavy atom. The van der Waals surface area contributed by atoms with Gasteiger partial charge < -0.3 is 19.3 Å². The van der Waals surface area contributed by atoms with Crippen molar-refractivity contribution in [1.82, 2.24) is 9.80 Å². The summed E-state index contributed by atoms with van der Waals surface area (Å²) in [6.07, 6.45) is 6.83. The monoisotopic (exact) mass is 374 g/mol. The summed E-state index contributed by atoms with van der Waals surface area (Å²) in [6.45, 7) is 2.30. The maximum atomic E-state index is 12.9. The van der Waals surface area contributed by atoms with Crippen molar-refractivity contribution < 1.29 is 19.1 Å². The molecule has 0 radical (unpaired) electrons. The molecule has 0 aromatic heterocycles. The zero-order chi connectivity index (χ0) is 19.2. The van der Waals surface area contributed by atoms with Crippen LogP contribution >= 0.6 is 0 Å². The molecule has 2 fully saturated rings. The van der Waals surface area contributed by atoms with Crippen LogP contribution in [0.4, 0.5) is 0 Å². The third kappa shape index (κ3) is 4.73. The first-order valence-electron chi connectivity index (χ1n) is 9.91. The largest absolute Gasteiger partial charge is 0.497 e. The van der Waals surface area contributed by atoms with E-state index in [1.807, 2.05) is 4.90 Å². The highest BCUT2D eigenvalue weighted by Crippen LogP contribution is 2.29. The fraction of sp³-hybridized carbons (Fsp3) is 0.619. The highest BCUT2D eigenvalue weighted by atomic mass is 16.5. The summed E-state index contributed by atoms with van der Waals surface area (Å²) < 4.78 is 10.6. The van der Waals surface area contributed by atoms with E-state index in [9.17, 15) is 9.59 Å². The Morgan fingerprint density at radius 2 is 1.67 bits per heavy atom. The topological polar surface area (TPSA) is 59.1 Å². The van der Waals surface area contributed by atoms with Crippen molar-refractivity contribution in [2.75, 3.05) is 40.4 Å². The van der Waals surface area contributed by atoms with Gasteiger partial charge in [0.1, 0.15) is 11.5 Å². The molecule has 1 aliphatic carbocycles. The third-order valence-corrected chi connectivity index (χ3v) is 5.80. The van der Waals surface area contributed by atoms with Gasteiger partial charge in [-0.1, -0.05) is 25.7 Å². The molecule has 1 saturated heterocycles. The lowest BCUT2D eigenvalue weighted by atomic mass is 10.0. The number of carbonyl (C=O) groups is 2. The Kier molecular flexibility index (Phi) is 6.58. The first kappa shape index (κ1) is 19.5. The van der Waals surface area contributed by atoms with Gasteiger partial charge in [-0.15, -0.1) is 0 Å². The molecule has 0 N–H and O–H groups in total. The van der Waals surface area contributed by atoms with Crippen LogP contribution in [0.15, 0.2) is 18.2 Å². The molecule has 1 aromatic rings. The van der Waals surface area contributed by atoms with Gasteiger partial charge in [-0.3, -0.25) is 9.59 Å². The molecule has 1 saturated carbocycles. The molecule has 1 heterocycles. The number of hydrogen-bond acceptors (Lipinski definition) is 4. The average molecular weight is 374 g/mol. The SMILES string of the molecule is COc1ccc(OC)c(C(=O)N2CCN(C(=O)CCC3CCCC3)CC2)c1. The molecule has 148 valence electrons. The Labute approximate surface area is 161 Å². The second-order valence-electron chi connectivity index (χ2n) is 7.43. The summed E-state index contributed by atoms with van der Waals surface area (Å²) in [5.41, 5.74) is 0.498. The number of carbonyl (C=O) groups excluding carboxylic acids is 2. The summed E-state index contributed by atoms with van der Waals surface area (Å²) >= 11 is 0. The number of amides is 2. The van der Waals surface area contributed by atoms with Crippen LogP contribution in [0.5, 0.6) is 11.5 Å². The molecular formula is C21H30N2O4. The maximum Gasteiger partial charge on any atom is 0.257 e. The van der Waals surface area contributed by atoms with E-state index in [1.54, 1.807) is 37.3 Å². The van der Waals surface area contributed by atoms with E-state index in [0.29, 0.717) is 49.7 Å². The van der Waals surface area contributed by atoms with E-state index in [4.69, 9.17) is 9.47 Å². The summed E-state index contributed by atoms with van der Waals surface area (Å²) in [6, 6.07) is 5.23. The van der Waals surface area contributed by atoms with E-state index < -0.39 is 0 Å². The number of hydrogen-bond donors (Lipinski definition) is 0. The van der Waals surface area contributed by atoms with Crippen molar-refractivity contribution in [3.63, 3.8) is 0 Å². The predicted octanol–water partition coefficient (Wildman–Crippen LogP) is 2.96. The van der Waals surface area contributed by atoms with Crippen molar-refractivity contribution in [3.05, 3.63) is 23.8 Å². The zero-order valence-electron chi connectivity index (χ0n) is 16.4. The lowest BCUT2D eigenvalue weighted by Crippen LogP contribution is -2.50. The smallest absolute Gasteiger partial charge is 0.257 e. The van der Waals surface area contributed by atoms with Crippen LogP contribution in [0.25, 0.3) is 0 Å². The molecule has 1 aliphatic heterocycles. The van der Waals surface area contributed by atoms with Crippen LogP contribution in [-0.4, -0.2) is 62.0 Å². The van der Waals surface area contributed by atoms with Crippen LogP contribution in [0.3, 0.4) is 0 Å². The Morgan fingerprint density at radius 1 is 1.00 bits per heavy atom. The van der Waals surface area contributed by atoms with Gasteiger partial charge >= 0.3 is 0 Å². The average Bonchev–Trinajstić information content (AvgIpc) is 3.24. The molecule has 1 aromatic carbocycles. The van der Waals surface area contributed by atoms with E-state index in [1.165, 1.54) is 25.7 Å². The van der Waals surface area contributed by atoms with Crippen LogP contribution in [0, 0.1) is 5.92 Å². The van der Waals surface area contributed by atoms with Crippen LogP contribution in [-0.2, 0) is 4.79 Å². The minimum Gasteiger partial charge on any atom is -0.497 e. The first-order chi connectivity index (χ1) is 13.1. The minimum absolute atomic E-state index is 0.0798. The minimum atomic E-state index is -0.0798. The fourth-order valence-corrected chi connectivity index (χ4v) is 4.10. The summed E-state index contributed by atoms with van der Waals surface area (Å²) in [7, 11) is 3.13. The van der Waals surface area contributed by atoms with Gasteiger partial charge in [0.05, 0.1) is 19.8 Å². The number of benzene rings is 1. The van der Waals surface area contributed by atoms with Crippen LogP contribution in [0.1, 0.15) is 48.9 Å². The predicted molar refractivity (Wildman–Crippen MR) is 103 cm³/mol. The third-order valence-electron chi connectivity index (χ3n) is 5.80. The summed E-state index contributed by atoms with van der Waals surface area (Å²) in [4.78, 5) is 29.1. The van der Waals surface area contributed by atoms with Gasteiger partial charge in [0, 0.05) is 32.6 Å². The van der Waals surface area contributed by atoms with Gasteiger partial charge in [-0.25, -0.2) is 0 Å². The van der Waals surface area contributed by atoms with Crippen molar-refractivity contribution in [1.29, 1.82) is 0 Å². The highest BCUT2D eigenvalue weighted by molar-refractivity contribution is 5.97. The number of ether oxygens (including phenoxy) is 2. The molecule has 6 nitrogen and oxygen atoms in total. The van der Waals surface area contributed by atoms with E-state index in [-0.39, 0.29) is 11.8 Å². The maximum absolute atomic E-state index is 12.9. The Hall–Kier alpha value is -2.24. The molecule has 3 rings (SSSR count). The summed E-state index contributed by atoms with van der Waals surface area (Å²) in [5.74, 6) is 2.05. The normalized spacial score (nSPS) is 17.9. The molecular weight excluding hydrogens is 344 g/mol. The zero-order valence-corrected chi connectivity index (χ0v) is 16.4. The number of nitrogens with zero attached hydrogens (tertiary/aromatic N) is 2. The lowest BCUT2D eigenvalue weighted by molar-refractivity contribution is -0.133. The van der Waals surface area contributed by atoms with Gasteiger partial charge in [0.25, 0.3) is 5.91 Å². The second-order valence-corrected chi connectivity index (χ2v) is 7.43. The highest BCUT2D eigenvalue weighted by Gasteiger charge is 2.27. The molecule has 0 spiro atoms. The van der Waals surface area contributed by atoms with Gasteiger partial charge in [0.2, 0.25) is 5.91 Å². The number of methoxy groups -OCH3 is 2. The lowest BCUT2D eigenvalue weighted by Gasteiger charge is -2.35. The molecule has 0 bridgehead atoms. The second kappa shape index (κ2) is 9.11. The van der Waals surface area contributed by atoms with E-state index >= 15 is 0 Å². The molecule has 27 heavy (non-hydrogen) atoms.